The maximum Gasteiger partial charge on any atom is 0.224 e. The summed E-state index contributed by atoms with van der Waals surface area (Å²) in [6.45, 7) is 1.38. The van der Waals surface area contributed by atoms with Crippen LogP contribution in [0.2, 0.25) is 0 Å². The average Bonchev–Trinajstić information content (AvgIpc) is 3.31. The molecule has 0 saturated carbocycles. The Kier molecular flexibility index (Phi) is 5.92. The van der Waals surface area contributed by atoms with Crippen molar-refractivity contribution in [2.45, 2.75) is 25.8 Å². The lowest BCUT2D eigenvalue weighted by Crippen LogP contribution is -2.42. The van der Waals surface area contributed by atoms with Crippen LogP contribution in [-0.2, 0) is 11.3 Å². The van der Waals surface area contributed by atoms with Crippen molar-refractivity contribution in [2.24, 2.45) is 5.92 Å². The number of hydrogen-bond acceptors (Lipinski definition) is 5. The van der Waals surface area contributed by atoms with Gasteiger partial charge in [0.05, 0.1) is 6.54 Å². The topological polar surface area (TPSA) is 81.0 Å². The number of carbonyl (C=O) groups is 2. The van der Waals surface area contributed by atoms with E-state index in [4.69, 9.17) is 0 Å². The molecule has 1 atom stereocenters. The summed E-state index contributed by atoms with van der Waals surface area (Å²) in [5.41, 5.74) is 1.58. The monoisotopic (exact) mass is 407 g/mol. The standard InChI is InChI=1S/C22H22FN5O2/c23-20-13-17(8-9-19(20)16-5-2-1-3-6-16)22(30)18-7-4-11-27(14-18)21(29)10-12-28-15-24-25-26-28/h1-3,5-6,8-9,13,15,18H,4,7,10-12,14H2/t18-/m1/s1. The number of halogens is 1. The van der Waals surface area contributed by atoms with Crippen LogP contribution in [0.4, 0.5) is 4.39 Å². The number of Topliss-reactive ketones (excluding diaryl/α,β-unsaturated/α-hetero) is 1. The first-order valence-electron chi connectivity index (χ1n) is 9.99. The first-order chi connectivity index (χ1) is 14.6. The van der Waals surface area contributed by atoms with Crippen molar-refractivity contribution >= 4 is 11.7 Å². The summed E-state index contributed by atoms with van der Waals surface area (Å²) >= 11 is 0. The molecule has 2 aromatic carbocycles. The predicted molar refractivity (Wildman–Crippen MR) is 108 cm³/mol. The minimum atomic E-state index is -0.419. The van der Waals surface area contributed by atoms with E-state index in [1.165, 1.54) is 17.1 Å². The first kappa shape index (κ1) is 19.9. The minimum absolute atomic E-state index is 0.0337. The lowest BCUT2D eigenvalue weighted by atomic mass is 9.89. The average molecular weight is 407 g/mol. The quantitative estimate of drug-likeness (QED) is 0.587. The predicted octanol–water partition coefficient (Wildman–Crippen LogP) is 2.99. The minimum Gasteiger partial charge on any atom is -0.342 e. The zero-order chi connectivity index (χ0) is 20.9. The summed E-state index contributed by atoms with van der Waals surface area (Å²) in [5, 5.41) is 10.8. The highest BCUT2D eigenvalue weighted by atomic mass is 19.1. The van der Waals surface area contributed by atoms with Gasteiger partial charge in [0.2, 0.25) is 5.91 Å². The van der Waals surface area contributed by atoms with Crippen LogP contribution in [0.25, 0.3) is 11.1 Å². The Bertz CT molecular complexity index is 1020. The highest BCUT2D eigenvalue weighted by Gasteiger charge is 2.29. The fourth-order valence-electron chi connectivity index (χ4n) is 3.82. The molecule has 2 heterocycles. The molecule has 0 radical (unpaired) electrons. The van der Waals surface area contributed by atoms with Crippen LogP contribution < -0.4 is 0 Å². The molecule has 0 unspecified atom stereocenters. The SMILES string of the molecule is O=C(c1ccc(-c2ccccc2)c(F)c1)[C@@H]1CCCN(C(=O)CCn2cnnn2)C1. The van der Waals surface area contributed by atoms with E-state index < -0.39 is 5.82 Å². The highest BCUT2D eigenvalue weighted by molar-refractivity contribution is 5.98. The van der Waals surface area contributed by atoms with E-state index in [2.05, 4.69) is 15.5 Å². The molecule has 0 aliphatic carbocycles. The number of hydrogen-bond donors (Lipinski definition) is 0. The third-order valence-corrected chi connectivity index (χ3v) is 5.43. The Hall–Kier alpha value is -3.42. The summed E-state index contributed by atoms with van der Waals surface area (Å²) in [6, 6.07) is 13.9. The van der Waals surface area contributed by atoms with Gasteiger partial charge in [-0.25, -0.2) is 9.07 Å². The van der Waals surface area contributed by atoms with Gasteiger partial charge >= 0.3 is 0 Å². The van der Waals surface area contributed by atoms with Gasteiger partial charge in [-0.2, -0.15) is 0 Å². The van der Waals surface area contributed by atoms with Gasteiger partial charge in [0.1, 0.15) is 12.1 Å². The Labute approximate surface area is 173 Å². The molecule has 1 fully saturated rings. The molecule has 1 aliphatic heterocycles. The molecule has 30 heavy (non-hydrogen) atoms. The lowest BCUT2D eigenvalue weighted by Gasteiger charge is -2.32. The molecular weight excluding hydrogens is 385 g/mol. The number of piperidine rings is 1. The zero-order valence-electron chi connectivity index (χ0n) is 16.4. The van der Waals surface area contributed by atoms with Crippen molar-refractivity contribution in [3.8, 4) is 11.1 Å². The zero-order valence-corrected chi connectivity index (χ0v) is 16.4. The van der Waals surface area contributed by atoms with Crippen LogP contribution in [0.3, 0.4) is 0 Å². The normalized spacial score (nSPS) is 16.4. The molecule has 8 heteroatoms. The molecule has 1 saturated heterocycles. The first-order valence-corrected chi connectivity index (χ1v) is 9.99. The molecule has 3 aromatic rings. The maximum atomic E-state index is 14.7. The Morgan fingerprint density at radius 1 is 1.13 bits per heavy atom. The molecule has 1 aliphatic rings. The van der Waals surface area contributed by atoms with Crippen molar-refractivity contribution in [3.63, 3.8) is 0 Å². The van der Waals surface area contributed by atoms with Crippen molar-refractivity contribution in [1.82, 2.24) is 25.1 Å². The molecule has 154 valence electrons. The van der Waals surface area contributed by atoms with Gasteiger partial charge in [-0.1, -0.05) is 42.5 Å². The van der Waals surface area contributed by atoms with E-state index in [9.17, 15) is 14.0 Å². The second kappa shape index (κ2) is 8.94. The number of aryl methyl sites for hydroxylation is 1. The van der Waals surface area contributed by atoms with Gasteiger partial charge in [-0.05, 0) is 34.9 Å². The van der Waals surface area contributed by atoms with Crippen molar-refractivity contribution in [3.05, 3.63) is 66.2 Å². The van der Waals surface area contributed by atoms with E-state index in [1.54, 1.807) is 17.0 Å². The number of aromatic nitrogens is 4. The molecule has 0 bridgehead atoms. The fourth-order valence-corrected chi connectivity index (χ4v) is 3.82. The summed E-state index contributed by atoms with van der Waals surface area (Å²) < 4.78 is 16.2. The molecule has 1 aromatic heterocycles. The third-order valence-electron chi connectivity index (χ3n) is 5.43. The summed E-state index contributed by atoms with van der Waals surface area (Å²) in [4.78, 5) is 27.2. The lowest BCUT2D eigenvalue weighted by molar-refractivity contribution is -0.132. The maximum absolute atomic E-state index is 14.7. The van der Waals surface area contributed by atoms with Crippen molar-refractivity contribution < 1.29 is 14.0 Å². The number of carbonyl (C=O) groups excluding carboxylic acids is 2. The molecule has 0 spiro atoms. The van der Waals surface area contributed by atoms with Crippen molar-refractivity contribution in [2.75, 3.05) is 13.1 Å². The third kappa shape index (κ3) is 4.42. The summed E-state index contributed by atoms with van der Waals surface area (Å²) in [6.07, 6.45) is 3.17. The smallest absolute Gasteiger partial charge is 0.224 e. The molecule has 1 amide bonds. The van der Waals surface area contributed by atoms with Crippen LogP contribution >= 0.6 is 0 Å². The number of tetrazole rings is 1. The number of rotatable bonds is 6. The number of amides is 1. The number of benzene rings is 2. The molecule has 0 N–H and O–H groups in total. The van der Waals surface area contributed by atoms with Crippen LogP contribution in [0.5, 0.6) is 0 Å². The number of ketones is 1. The van der Waals surface area contributed by atoms with Crippen LogP contribution in [0.1, 0.15) is 29.6 Å². The van der Waals surface area contributed by atoms with Gasteiger partial charge in [0.15, 0.2) is 5.78 Å². The highest BCUT2D eigenvalue weighted by Crippen LogP contribution is 2.26. The number of likely N-dealkylation sites (tertiary alicyclic amines) is 1. The Balaban J connectivity index is 1.41. The van der Waals surface area contributed by atoms with Crippen LogP contribution in [-0.4, -0.2) is 49.9 Å². The van der Waals surface area contributed by atoms with E-state index in [0.29, 0.717) is 37.2 Å². The van der Waals surface area contributed by atoms with Gasteiger partial charge < -0.3 is 4.90 Å². The Morgan fingerprint density at radius 3 is 2.70 bits per heavy atom. The van der Waals surface area contributed by atoms with Gasteiger partial charge in [0.25, 0.3) is 0 Å². The fraction of sp³-hybridized carbons (Fsp3) is 0.318. The summed E-state index contributed by atoms with van der Waals surface area (Å²) in [7, 11) is 0. The second-order valence-corrected chi connectivity index (χ2v) is 7.43. The van der Waals surface area contributed by atoms with E-state index in [0.717, 1.165) is 12.0 Å². The Morgan fingerprint density at radius 2 is 1.97 bits per heavy atom. The molecule has 7 nitrogen and oxygen atoms in total. The van der Waals surface area contributed by atoms with Crippen LogP contribution in [0.15, 0.2) is 54.9 Å². The van der Waals surface area contributed by atoms with Gasteiger partial charge in [-0.15, -0.1) is 5.10 Å². The van der Waals surface area contributed by atoms with Crippen LogP contribution in [0, 0.1) is 11.7 Å². The van der Waals surface area contributed by atoms with E-state index >= 15 is 0 Å². The van der Waals surface area contributed by atoms with Crippen molar-refractivity contribution in [1.29, 1.82) is 0 Å². The van der Waals surface area contributed by atoms with Gasteiger partial charge in [0, 0.05) is 36.6 Å². The van der Waals surface area contributed by atoms with Gasteiger partial charge in [-0.3, -0.25) is 9.59 Å². The number of nitrogens with zero attached hydrogens (tertiary/aromatic N) is 5. The second-order valence-electron chi connectivity index (χ2n) is 7.43. The molecule has 4 rings (SSSR count). The van der Waals surface area contributed by atoms with E-state index in [1.807, 2.05) is 30.3 Å². The largest absolute Gasteiger partial charge is 0.342 e. The molecular formula is C22H22FN5O2. The summed E-state index contributed by atoms with van der Waals surface area (Å²) in [5.74, 6) is -0.893. The van der Waals surface area contributed by atoms with E-state index in [-0.39, 0.29) is 24.0 Å².